The average Bonchev–Trinajstić information content (AvgIpc) is 3.04. The van der Waals surface area contributed by atoms with Gasteiger partial charge < -0.3 is 20.3 Å². The smallest absolute Gasteiger partial charge is 0.380 e. The highest BCUT2D eigenvalue weighted by Crippen LogP contribution is 2.40. The highest BCUT2D eigenvalue weighted by Gasteiger charge is 2.58. The van der Waals surface area contributed by atoms with Crippen molar-refractivity contribution in [2.24, 2.45) is 13.0 Å². The van der Waals surface area contributed by atoms with E-state index in [0.717, 1.165) is 16.5 Å². The molecule has 0 saturated carbocycles. The van der Waals surface area contributed by atoms with E-state index in [0.29, 0.717) is 0 Å². The Hall–Kier alpha value is -2.55. The van der Waals surface area contributed by atoms with Gasteiger partial charge >= 0.3 is 6.18 Å². The lowest BCUT2D eigenvalue weighted by atomic mass is 9.96. The Morgan fingerprint density at radius 1 is 1.25 bits per heavy atom. The summed E-state index contributed by atoms with van der Waals surface area (Å²) in [6, 6.07) is 9.11. The lowest BCUT2D eigenvalue weighted by Gasteiger charge is -2.30. The van der Waals surface area contributed by atoms with Crippen LogP contribution in [0.3, 0.4) is 0 Å². The second-order valence-corrected chi connectivity index (χ2v) is 7.06. The van der Waals surface area contributed by atoms with Crippen LogP contribution in [0.4, 0.5) is 18.9 Å². The normalized spacial score (nSPS) is 15.1. The summed E-state index contributed by atoms with van der Waals surface area (Å²) in [6.07, 6.45) is -3.80. The summed E-state index contributed by atoms with van der Waals surface area (Å²) in [5.74, 6) is -1.43. The summed E-state index contributed by atoms with van der Waals surface area (Å²) in [5, 5.41) is 16.0. The third kappa shape index (κ3) is 5.03. The van der Waals surface area contributed by atoms with Crippen molar-refractivity contribution in [3.8, 4) is 0 Å². The number of alkyl halides is 3. The molecule has 6 nitrogen and oxygen atoms in total. The van der Waals surface area contributed by atoms with E-state index in [9.17, 15) is 23.1 Å². The number of aromatic nitrogens is 2. The number of benzene rings is 1. The molecule has 1 heterocycles. The van der Waals surface area contributed by atoms with Crippen molar-refractivity contribution in [1.29, 1.82) is 0 Å². The van der Waals surface area contributed by atoms with Gasteiger partial charge in [-0.05, 0) is 18.1 Å². The van der Waals surface area contributed by atoms with Crippen molar-refractivity contribution in [2.45, 2.75) is 38.1 Å². The SMILES string of the molecule is CC(C)C(CNC(=O)CC(O)(c1nccn1C)C(F)(F)F)Nc1ccccc1. The molecule has 0 fully saturated rings. The van der Waals surface area contributed by atoms with Crippen molar-refractivity contribution >= 4 is 11.6 Å². The molecule has 28 heavy (non-hydrogen) atoms. The number of carbonyl (C=O) groups excluding carboxylic acids is 1. The molecule has 9 heteroatoms. The maximum Gasteiger partial charge on any atom is 0.425 e. The summed E-state index contributed by atoms with van der Waals surface area (Å²) in [7, 11) is 1.33. The molecule has 2 aromatic rings. The van der Waals surface area contributed by atoms with Gasteiger partial charge in [0.1, 0.15) is 0 Å². The molecule has 2 unspecified atom stereocenters. The molecular weight excluding hydrogens is 373 g/mol. The number of carbonyl (C=O) groups is 1. The van der Waals surface area contributed by atoms with Crippen LogP contribution >= 0.6 is 0 Å². The van der Waals surface area contributed by atoms with Crippen LogP contribution in [0, 0.1) is 5.92 Å². The molecule has 0 aliphatic rings. The summed E-state index contributed by atoms with van der Waals surface area (Å²) < 4.78 is 41.6. The van der Waals surface area contributed by atoms with Gasteiger partial charge in [0, 0.05) is 37.7 Å². The fourth-order valence-corrected chi connectivity index (χ4v) is 2.79. The summed E-state index contributed by atoms with van der Waals surface area (Å²) in [5.41, 5.74) is -2.52. The first-order chi connectivity index (χ1) is 13.0. The number of hydrogen-bond acceptors (Lipinski definition) is 4. The average molecular weight is 398 g/mol. The second kappa shape index (κ2) is 8.64. The van der Waals surface area contributed by atoms with Crippen LogP contribution in [0.1, 0.15) is 26.1 Å². The standard InChI is InChI=1S/C19H25F3N4O2/c1-13(2)15(25-14-7-5-4-6-8-14)12-24-16(27)11-18(28,19(20,21)22)17-23-9-10-26(17)3/h4-10,13,15,25,28H,11-12H2,1-3H3,(H,24,27). The van der Waals surface area contributed by atoms with E-state index < -0.39 is 29.9 Å². The van der Waals surface area contributed by atoms with E-state index in [1.807, 2.05) is 44.2 Å². The van der Waals surface area contributed by atoms with Crippen LogP contribution in [-0.2, 0) is 17.4 Å². The molecule has 2 atom stereocenters. The molecule has 154 valence electrons. The minimum absolute atomic E-state index is 0.108. The Bertz CT molecular complexity index is 777. The lowest BCUT2D eigenvalue weighted by Crippen LogP contribution is -2.49. The van der Waals surface area contributed by atoms with E-state index >= 15 is 0 Å². The fourth-order valence-electron chi connectivity index (χ4n) is 2.79. The fraction of sp³-hybridized carbons (Fsp3) is 0.474. The van der Waals surface area contributed by atoms with Crippen LogP contribution in [0.25, 0.3) is 0 Å². The van der Waals surface area contributed by atoms with Crippen molar-refractivity contribution in [3.63, 3.8) is 0 Å². The summed E-state index contributed by atoms with van der Waals surface area (Å²) >= 11 is 0. The Kier molecular flexibility index (Phi) is 6.71. The maximum atomic E-state index is 13.5. The third-order valence-corrected chi connectivity index (χ3v) is 4.53. The van der Waals surface area contributed by atoms with Crippen molar-refractivity contribution < 1.29 is 23.1 Å². The number of para-hydroxylation sites is 1. The highest BCUT2D eigenvalue weighted by molar-refractivity contribution is 5.77. The molecule has 0 aliphatic heterocycles. The van der Waals surface area contributed by atoms with Gasteiger partial charge in [-0.1, -0.05) is 32.0 Å². The minimum atomic E-state index is -5.05. The van der Waals surface area contributed by atoms with Crippen LogP contribution in [0.15, 0.2) is 42.7 Å². The van der Waals surface area contributed by atoms with Crippen LogP contribution in [0.2, 0.25) is 0 Å². The topological polar surface area (TPSA) is 79.2 Å². The predicted octanol–water partition coefficient (Wildman–Crippen LogP) is 2.81. The number of aryl methyl sites for hydroxylation is 1. The molecule has 0 aliphatic carbocycles. The number of amides is 1. The van der Waals surface area contributed by atoms with E-state index in [-0.39, 0.29) is 18.5 Å². The molecule has 1 aromatic carbocycles. The van der Waals surface area contributed by atoms with Gasteiger partial charge in [-0.25, -0.2) is 4.98 Å². The predicted molar refractivity (Wildman–Crippen MR) is 99.5 cm³/mol. The van der Waals surface area contributed by atoms with Crippen LogP contribution < -0.4 is 10.6 Å². The van der Waals surface area contributed by atoms with Gasteiger partial charge in [0.15, 0.2) is 5.82 Å². The molecule has 1 amide bonds. The molecular formula is C19H25F3N4O2. The first-order valence-corrected chi connectivity index (χ1v) is 8.90. The molecule has 0 spiro atoms. The Morgan fingerprint density at radius 3 is 2.39 bits per heavy atom. The van der Waals surface area contributed by atoms with E-state index in [1.54, 1.807) is 0 Å². The summed E-state index contributed by atoms with van der Waals surface area (Å²) in [6.45, 7) is 3.99. The zero-order valence-corrected chi connectivity index (χ0v) is 16.0. The van der Waals surface area contributed by atoms with Gasteiger partial charge in [0.05, 0.1) is 6.42 Å². The number of imidazole rings is 1. The molecule has 0 saturated heterocycles. The minimum Gasteiger partial charge on any atom is -0.380 e. The lowest BCUT2D eigenvalue weighted by molar-refractivity contribution is -0.271. The van der Waals surface area contributed by atoms with Gasteiger partial charge in [-0.15, -0.1) is 0 Å². The number of aliphatic hydroxyl groups is 1. The second-order valence-electron chi connectivity index (χ2n) is 7.06. The van der Waals surface area contributed by atoms with Crippen LogP contribution in [0.5, 0.6) is 0 Å². The number of rotatable bonds is 8. The van der Waals surface area contributed by atoms with Crippen molar-refractivity contribution in [1.82, 2.24) is 14.9 Å². The number of hydrogen-bond donors (Lipinski definition) is 3. The Labute approximate surface area is 161 Å². The number of nitrogens with zero attached hydrogens (tertiary/aromatic N) is 2. The van der Waals surface area contributed by atoms with Gasteiger partial charge in [-0.3, -0.25) is 4.79 Å². The first kappa shape index (κ1) is 21.7. The number of nitrogens with one attached hydrogen (secondary N) is 2. The Morgan fingerprint density at radius 2 is 1.89 bits per heavy atom. The van der Waals surface area contributed by atoms with Crippen molar-refractivity contribution in [3.05, 3.63) is 48.5 Å². The van der Waals surface area contributed by atoms with Gasteiger partial charge in [0.25, 0.3) is 0 Å². The largest absolute Gasteiger partial charge is 0.425 e. The quantitative estimate of drug-likeness (QED) is 0.639. The molecule has 2 rings (SSSR count). The van der Waals surface area contributed by atoms with E-state index in [1.165, 1.54) is 13.2 Å². The van der Waals surface area contributed by atoms with Gasteiger partial charge in [-0.2, -0.15) is 13.2 Å². The molecule has 0 radical (unpaired) electrons. The van der Waals surface area contributed by atoms with Crippen molar-refractivity contribution in [2.75, 3.05) is 11.9 Å². The highest BCUT2D eigenvalue weighted by atomic mass is 19.4. The number of halogens is 3. The first-order valence-electron chi connectivity index (χ1n) is 8.90. The molecule has 1 aromatic heterocycles. The molecule has 0 bridgehead atoms. The number of anilines is 1. The van der Waals surface area contributed by atoms with E-state index in [4.69, 9.17) is 0 Å². The maximum absolute atomic E-state index is 13.5. The molecule has 3 N–H and O–H groups in total. The summed E-state index contributed by atoms with van der Waals surface area (Å²) in [4.78, 5) is 15.8. The third-order valence-electron chi connectivity index (χ3n) is 4.53. The monoisotopic (exact) mass is 398 g/mol. The Balaban J connectivity index is 2.07. The van der Waals surface area contributed by atoms with Crippen LogP contribution in [-0.4, -0.2) is 39.3 Å². The van der Waals surface area contributed by atoms with Gasteiger partial charge in [0.2, 0.25) is 11.5 Å². The van der Waals surface area contributed by atoms with E-state index in [2.05, 4.69) is 15.6 Å². The zero-order chi connectivity index (χ0) is 20.9. The zero-order valence-electron chi connectivity index (χ0n) is 16.0.